The second-order valence-electron chi connectivity index (χ2n) is 6.80. The van der Waals surface area contributed by atoms with Crippen LogP contribution in [0.3, 0.4) is 0 Å². The molecule has 6 nitrogen and oxygen atoms in total. The molecule has 3 rings (SSSR count). The Kier molecular flexibility index (Phi) is 7.00. The van der Waals surface area contributed by atoms with Crippen molar-refractivity contribution < 1.29 is 4.79 Å². The molecule has 0 saturated heterocycles. The summed E-state index contributed by atoms with van der Waals surface area (Å²) in [5.41, 5.74) is 0.991. The average Bonchev–Trinajstić information content (AvgIpc) is 2.73. The first kappa shape index (κ1) is 22.1. The van der Waals surface area contributed by atoms with E-state index in [2.05, 4.69) is 5.32 Å². The predicted molar refractivity (Wildman–Crippen MR) is 123 cm³/mol. The zero-order chi connectivity index (χ0) is 21.8. The number of fused-ring (bicyclic) bond motifs is 1. The zero-order valence-corrected chi connectivity index (χ0v) is 18.7. The fourth-order valence-corrected chi connectivity index (χ4v) is 4.03. The Morgan fingerprint density at radius 3 is 2.53 bits per heavy atom. The average molecular weight is 447 g/mol. The molecular weight excluding hydrogens is 423 g/mol. The number of amides is 2. The molecule has 30 heavy (non-hydrogen) atoms. The van der Waals surface area contributed by atoms with Gasteiger partial charge in [-0.05, 0) is 50.6 Å². The summed E-state index contributed by atoms with van der Waals surface area (Å²) in [6.45, 7) is 6.66. The summed E-state index contributed by atoms with van der Waals surface area (Å²) in [5, 5.41) is 4.26. The second kappa shape index (κ2) is 9.49. The van der Waals surface area contributed by atoms with E-state index in [1.807, 2.05) is 39.0 Å². The van der Waals surface area contributed by atoms with Crippen LogP contribution in [0.5, 0.6) is 0 Å². The molecule has 0 radical (unpaired) electrons. The predicted octanol–water partition coefficient (Wildman–Crippen LogP) is 5.73. The maximum Gasteiger partial charge on any atom is 0.322 e. The summed E-state index contributed by atoms with van der Waals surface area (Å²) < 4.78 is 1.64. The van der Waals surface area contributed by atoms with E-state index < -0.39 is 0 Å². The maximum absolute atomic E-state index is 13.1. The van der Waals surface area contributed by atoms with Crippen LogP contribution in [0.15, 0.2) is 47.3 Å². The van der Waals surface area contributed by atoms with Gasteiger partial charge < -0.3 is 10.2 Å². The summed E-state index contributed by atoms with van der Waals surface area (Å²) in [6, 6.07) is 11.5. The smallest absolute Gasteiger partial charge is 0.315 e. The van der Waals surface area contributed by atoms with Crippen molar-refractivity contribution in [3.8, 4) is 0 Å². The number of rotatable bonds is 6. The van der Waals surface area contributed by atoms with Gasteiger partial charge in [-0.2, -0.15) is 0 Å². The molecule has 1 aromatic heterocycles. The van der Waals surface area contributed by atoms with E-state index >= 15 is 0 Å². The second-order valence-corrected chi connectivity index (χ2v) is 7.64. The number of nitrogens with zero attached hydrogens (tertiary/aromatic N) is 3. The highest BCUT2D eigenvalue weighted by atomic mass is 35.5. The van der Waals surface area contributed by atoms with Crippen LogP contribution in [0.1, 0.15) is 39.1 Å². The van der Waals surface area contributed by atoms with E-state index in [0.717, 1.165) is 0 Å². The van der Waals surface area contributed by atoms with Crippen LogP contribution in [-0.4, -0.2) is 27.0 Å². The Labute approximate surface area is 185 Å². The number of para-hydroxylation sites is 1. The van der Waals surface area contributed by atoms with Crippen molar-refractivity contribution in [1.82, 2.24) is 14.5 Å². The Morgan fingerprint density at radius 2 is 1.90 bits per heavy atom. The number of carbonyl (C=O) groups excluding carboxylic acids is 1. The van der Waals surface area contributed by atoms with Crippen molar-refractivity contribution in [1.29, 1.82) is 0 Å². The minimum Gasteiger partial charge on any atom is -0.315 e. The standard InChI is InChI=1S/C22H24Cl2N4O2/c1-4-19(20-25-17-10-8-7-9-15(17)21(29)28(20)6-3)27(5-2)22(30)26-18-12-11-14(23)13-16(18)24/h7-13,19H,4-6H2,1-3H3,(H,26,30). The van der Waals surface area contributed by atoms with Gasteiger partial charge in [0.1, 0.15) is 5.82 Å². The molecule has 1 heterocycles. The Hall–Kier alpha value is -2.57. The van der Waals surface area contributed by atoms with E-state index in [0.29, 0.717) is 52.0 Å². The molecule has 0 fully saturated rings. The number of urea groups is 1. The first-order valence-corrected chi connectivity index (χ1v) is 10.7. The van der Waals surface area contributed by atoms with Crippen LogP contribution in [0.25, 0.3) is 10.9 Å². The summed E-state index contributed by atoms with van der Waals surface area (Å²) in [7, 11) is 0. The number of hydrogen-bond donors (Lipinski definition) is 1. The molecule has 0 aliphatic carbocycles. The van der Waals surface area contributed by atoms with Crippen LogP contribution >= 0.6 is 23.2 Å². The van der Waals surface area contributed by atoms with E-state index in [9.17, 15) is 9.59 Å². The first-order valence-electron chi connectivity index (χ1n) is 9.93. The molecule has 0 saturated carbocycles. The van der Waals surface area contributed by atoms with Gasteiger partial charge in [-0.1, -0.05) is 42.3 Å². The topological polar surface area (TPSA) is 67.2 Å². The molecule has 3 aromatic rings. The maximum atomic E-state index is 13.1. The summed E-state index contributed by atoms with van der Waals surface area (Å²) in [4.78, 5) is 32.6. The fourth-order valence-electron chi connectivity index (χ4n) is 3.57. The zero-order valence-electron chi connectivity index (χ0n) is 17.2. The SMILES string of the molecule is CCC(c1nc2ccccc2c(=O)n1CC)N(CC)C(=O)Nc1ccc(Cl)cc1Cl. The molecule has 2 aromatic carbocycles. The Morgan fingerprint density at radius 1 is 1.17 bits per heavy atom. The molecule has 0 aliphatic rings. The minimum atomic E-state index is -0.377. The third-order valence-electron chi connectivity index (χ3n) is 5.04. The van der Waals surface area contributed by atoms with Crippen molar-refractivity contribution >= 4 is 45.8 Å². The molecule has 1 N–H and O–H groups in total. The van der Waals surface area contributed by atoms with Gasteiger partial charge in [-0.15, -0.1) is 0 Å². The molecule has 8 heteroatoms. The lowest BCUT2D eigenvalue weighted by molar-refractivity contribution is 0.184. The summed E-state index contributed by atoms with van der Waals surface area (Å²) >= 11 is 12.2. The van der Waals surface area contributed by atoms with Gasteiger partial charge in [0.25, 0.3) is 5.56 Å². The molecule has 0 spiro atoms. The number of carbonyl (C=O) groups is 1. The number of anilines is 1. The Bertz CT molecular complexity index is 1130. The normalized spacial score (nSPS) is 12.0. The van der Waals surface area contributed by atoms with E-state index in [1.165, 1.54) is 0 Å². The number of benzene rings is 2. The molecule has 0 aliphatic heterocycles. The summed E-state index contributed by atoms with van der Waals surface area (Å²) in [5.74, 6) is 0.572. The highest BCUT2D eigenvalue weighted by Crippen LogP contribution is 2.28. The molecule has 2 amide bonds. The van der Waals surface area contributed by atoms with Crippen molar-refractivity contribution in [2.75, 3.05) is 11.9 Å². The van der Waals surface area contributed by atoms with Crippen LogP contribution in [-0.2, 0) is 6.54 Å². The van der Waals surface area contributed by atoms with Gasteiger partial charge in [0, 0.05) is 18.1 Å². The van der Waals surface area contributed by atoms with Gasteiger partial charge in [0.05, 0.1) is 27.7 Å². The third kappa shape index (κ3) is 4.30. The monoisotopic (exact) mass is 446 g/mol. The van der Waals surface area contributed by atoms with Crippen molar-refractivity contribution in [2.45, 2.75) is 39.8 Å². The van der Waals surface area contributed by atoms with Crippen molar-refractivity contribution in [3.05, 3.63) is 68.7 Å². The minimum absolute atomic E-state index is 0.103. The van der Waals surface area contributed by atoms with E-state index in [-0.39, 0.29) is 17.6 Å². The quantitative estimate of drug-likeness (QED) is 0.525. The number of halogens is 2. The molecule has 1 atom stereocenters. The molecule has 0 bridgehead atoms. The van der Waals surface area contributed by atoms with Gasteiger partial charge in [-0.3, -0.25) is 9.36 Å². The van der Waals surface area contributed by atoms with Crippen LogP contribution in [0.2, 0.25) is 10.0 Å². The number of nitrogens with one attached hydrogen (secondary N) is 1. The van der Waals surface area contributed by atoms with Crippen molar-refractivity contribution in [2.24, 2.45) is 0 Å². The third-order valence-corrected chi connectivity index (χ3v) is 5.59. The summed E-state index contributed by atoms with van der Waals surface area (Å²) in [6.07, 6.45) is 0.598. The van der Waals surface area contributed by atoms with Crippen LogP contribution < -0.4 is 10.9 Å². The Balaban J connectivity index is 2.02. The van der Waals surface area contributed by atoms with Gasteiger partial charge in [-0.25, -0.2) is 9.78 Å². The van der Waals surface area contributed by atoms with Gasteiger partial charge in [0.15, 0.2) is 0 Å². The van der Waals surface area contributed by atoms with E-state index in [4.69, 9.17) is 28.2 Å². The first-order chi connectivity index (χ1) is 14.4. The van der Waals surface area contributed by atoms with Crippen LogP contribution in [0.4, 0.5) is 10.5 Å². The number of aromatic nitrogens is 2. The van der Waals surface area contributed by atoms with Crippen molar-refractivity contribution in [3.63, 3.8) is 0 Å². The van der Waals surface area contributed by atoms with Gasteiger partial charge in [0.2, 0.25) is 0 Å². The fraction of sp³-hybridized carbons (Fsp3) is 0.318. The number of hydrogen-bond acceptors (Lipinski definition) is 3. The lowest BCUT2D eigenvalue weighted by Crippen LogP contribution is -2.41. The molecule has 158 valence electrons. The van der Waals surface area contributed by atoms with Crippen LogP contribution in [0, 0.1) is 0 Å². The highest BCUT2D eigenvalue weighted by molar-refractivity contribution is 6.36. The van der Waals surface area contributed by atoms with E-state index in [1.54, 1.807) is 33.7 Å². The lowest BCUT2D eigenvalue weighted by atomic mass is 10.1. The molecule has 1 unspecified atom stereocenters. The lowest BCUT2D eigenvalue weighted by Gasteiger charge is -2.31. The molecular formula is C22H24Cl2N4O2. The van der Waals surface area contributed by atoms with Gasteiger partial charge >= 0.3 is 6.03 Å². The largest absolute Gasteiger partial charge is 0.322 e. The highest BCUT2D eigenvalue weighted by Gasteiger charge is 2.27.